The highest BCUT2D eigenvalue weighted by Crippen LogP contribution is 2.50. The number of H-pyrrole nitrogens is 1. The smallest absolute Gasteiger partial charge is 0.0653 e. The summed E-state index contributed by atoms with van der Waals surface area (Å²) in [4.78, 5) is 3.83. The van der Waals surface area contributed by atoms with Crippen LogP contribution in [-0.4, -0.2) is 4.98 Å². The minimum atomic E-state index is 1.19. The van der Waals surface area contributed by atoms with Gasteiger partial charge >= 0.3 is 0 Å². The average Bonchev–Trinajstić information content (AvgIpc) is 3.49. The van der Waals surface area contributed by atoms with Crippen LogP contribution < -0.4 is 0 Å². The minimum absolute atomic E-state index is 1.19. The van der Waals surface area contributed by atoms with Gasteiger partial charge in [0.25, 0.3) is 0 Å². The minimum Gasteiger partial charge on any atom is -0.353 e. The molecule has 2 heterocycles. The third-order valence-electron chi connectivity index (χ3n) is 7.44. The molecule has 35 heavy (non-hydrogen) atoms. The standard InChI is InChI=1S/C33H21NS/c1-2-9-19-16-17-27-26(18-19)28-23-13-6-7-14-24(23)30-29-22-12-5-3-10-20(22)21-11-4-8-15-25(21)32(29)35-33(30)31(28)34-27/h2-18,34H,1H3/b9-2+. The van der Waals surface area contributed by atoms with Crippen LogP contribution in [0.3, 0.4) is 0 Å². The van der Waals surface area contributed by atoms with E-state index < -0.39 is 0 Å². The van der Waals surface area contributed by atoms with Gasteiger partial charge in [-0.15, -0.1) is 11.3 Å². The molecule has 164 valence electrons. The predicted octanol–water partition coefficient (Wildman–Crippen LogP) is 10.2. The van der Waals surface area contributed by atoms with Gasteiger partial charge in [-0.05, 0) is 51.6 Å². The Morgan fingerprint density at radius 2 is 1.14 bits per heavy atom. The second-order valence-corrected chi connectivity index (χ2v) is 10.3. The van der Waals surface area contributed by atoms with Crippen LogP contribution >= 0.6 is 11.3 Å². The molecule has 8 aromatic rings. The third-order valence-corrected chi connectivity index (χ3v) is 8.68. The van der Waals surface area contributed by atoms with Gasteiger partial charge in [0.1, 0.15) is 0 Å². The average molecular weight is 464 g/mol. The summed E-state index contributed by atoms with van der Waals surface area (Å²) in [6, 6.07) is 33.5. The molecule has 0 bridgehead atoms. The van der Waals surface area contributed by atoms with E-state index in [1.165, 1.54) is 79.9 Å². The summed E-state index contributed by atoms with van der Waals surface area (Å²) in [7, 11) is 0. The molecule has 0 fully saturated rings. The zero-order chi connectivity index (χ0) is 23.1. The fraction of sp³-hybridized carbons (Fsp3) is 0.0303. The summed E-state index contributed by atoms with van der Waals surface area (Å²) < 4.78 is 2.72. The fourth-order valence-electron chi connectivity index (χ4n) is 6.04. The van der Waals surface area contributed by atoms with E-state index in [-0.39, 0.29) is 0 Å². The second kappa shape index (κ2) is 6.94. The quantitative estimate of drug-likeness (QED) is 0.233. The summed E-state index contributed by atoms with van der Waals surface area (Å²) >= 11 is 1.93. The lowest BCUT2D eigenvalue weighted by molar-refractivity contribution is 1.56. The van der Waals surface area contributed by atoms with Crippen LogP contribution in [0.2, 0.25) is 0 Å². The van der Waals surface area contributed by atoms with Crippen molar-refractivity contribution in [3.63, 3.8) is 0 Å². The van der Waals surface area contributed by atoms with E-state index in [2.05, 4.69) is 115 Å². The number of allylic oxidation sites excluding steroid dienone is 1. The summed E-state index contributed by atoms with van der Waals surface area (Å²) in [6.07, 6.45) is 4.28. The summed E-state index contributed by atoms with van der Waals surface area (Å²) in [5, 5.41) is 13.4. The van der Waals surface area contributed by atoms with Crippen LogP contribution in [0.4, 0.5) is 0 Å². The first-order chi connectivity index (χ1) is 17.3. The third kappa shape index (κ3) is 2.47. The van der Waals surface area contributed by atoms with E-state index >= 15 is 0 Å². The molecule has 0 spiro atoms. The molecule has 0 radical (unpaired) electrons. The highest BCUT2D eigenvalue weighted by Gasteiger charge is 2.20. The van der Waals surface area contributed by atoms with Gasteiger partial charge in [0.2, 0.25) is 0 Å². The maximum Gasteiger partial charge on any atom is 0.0653 e. The van der Waals surface area contributed by atoms with Gasteiger partial charge < -0.3 is 4.98 Å². The van der Waals surface area contributed by atoms with Crippen LogP contribution in [0.5, 0.6) is 0 Å². The molecule has 2 aromatic heterocycles. The molecule has 0 unspecified atom stereocenters. The molecule has 2 heteroatoms. The molecule has 6 aromatic carbocycles. The number of benzene rings is 6. The van der Waals surface area contributed by atoms with Gasteiger partial charge in [0, 0.05) is 37.1 Å². The largest absolute Gasteiger partial charge is 0.353 e. The summed E-state index contributed by atoms with van der Waals surface area (Å²) in [5.74, 6) is 0. The number of rotatable bonds is 1. The Morgan fingerprint density at radius 3 is 1.86 bits per heavy atom. The van der Waals surface area contributed by atoms with Crippen LogP contribution in [0.1, 0.15) is 12.5 Å². The van der Waals surface area contributed by atoms with Crippen molar-refractivity contribution >= 4 is 91.7 Å². The molecule has 0 amide bonds. The zero-order valence-corrected chi connectivity index (χ0v) is 20.0. The van der Waals surface area contributed by atoms with Crippen LogP contribution in [0, 0.1) is 0 Å². The molecule has 0 aliphatic heterocycles. The van der Waals surface area contributed by atoms with E-state index in [0.29, 0.717) is 0 Å². The van der Waals surface area contributed by atoms with Crippen LogP contribution in [-0.2, 0) is 0 Å². The lowest BCUT2D eigenvalue weighted by atomic mass is 9.94. The van der Waals surface area contributed by atoms with Crippen molar-refractivity contribution in [2.75, 3.05) is 0 Å². The molecule has 0 saturated heterocycles. The summed E-state index contributed by atoms with van der Waals surface area (Å²) in [5.41, 5.74) is 3.68. The number of hydrogen-bond donors (Lipinski definition) is 1. The Morgan fingerprint density at radius 1 is 0.571 bits per heavy atom. The molecular formula is C33H21NS. The Bertz CT molecular complexity index is 2170. The predicted molar refractivity (Wildman–Crippen MR) is 156 cm³/mol. The fourth-order valence-corrected chi connectivity index (χ4v) is 7.41. The zero-order valence-electron chi connectivity index (χ0n) is 19.2. The molecule has 0 aliphatic carbocycles. The molecule has 1 N–H and O–H groups in total. The van der Waals surface area contributed by atoms with E-state index in [1.807, 2.05) is 11.3 Å². The highest BCUT2D eigenvalue weighted by atomic mass is 32.1. The Balaban J connectivity index is 1.72. The van der Waals surface area contributed by atoms with Crippen molar-refractivity contribution in [1.29, 1.82) is 0 Å². The number of nitrogens with one attached hydrogen (secondary N) is 1. The van der Waals surface area contributed by atoms with E-state index in [0.717, 1.165) is 0 Å². The van der Waals surface area contributed by atoms with Gasteiger partial charge in [0.05, 0.1) is 10.2 Å². The van der Waals surface area contributed by atoms with Gasteiger partial charge in [-0.3, -0.25) is 0 Å². The molecule has 8 rings (SSSR count). The molecular weight excluding hydrogens is 442 g/mol. The molecule has 0 atom stereocenters. The number of thiophene rings is 1. The Hall–Kier alpha value is -4.14. The number of fused-ring (bicyclic) bond motifs is 15. The van der Waals surface area contributed by atoms with Crippen molar-refractivity contribution in [1.82, 2.24) is 4.98 Å². The SMILES string of the molecule is C/C=C/c1ccc2[nH]c3c4sc5c6ccccc6c6ccccc6c5c4c4ccccc4c3c2c1. The first-order valence-electron chi connectivity index (χ1n) is 12.1. The maximum atomic E-state index is 3.83. The number of aromatic nitrogens is 1. The topological polar surface area (TPSA) is 15.8 Å². The molecule has 0 saturated carbocycles. The number of hydrogen-bond acceptors (Lipinski definition) is 1. The van der Waals surface area contributed by atoms with Crippen LogP contribution in [0.25, 0.3) is 80.4 Å². The Labute approximate surface area is 205 Å². The Kier molecular flexibility index (Phi) is 3.81. The van der Waals surface area contributed by atoms with Crippen molar-refractivity contribution < 1.29 is 0 Å². The van der Waals surface area contributed by atoms with Crippen molar-refractivity contribution in [3.8, 4) is 0 Å². The highest BCUT2D eigenvalue weighted by molar-refractivity contribution is 7.28. The van der Waals surface area contributed by atoms with E-state index in [1.54, 1.807) is 0 Å². The van der Waals surface area contributed by atoms with Crippen LogP contribution in [0.15, 0.2) is 97.1 Å². The van der Waals surface area contributed by atoms with E-state index in [4.69, 9.17) is 0 Å². The van der Waals surface area contributed by atoms with Gasteiger partial charge in [-0.2, -0.15) is 0 Å². The first-order valence-corrected chi connectivity index (χ1v) is 12.9. The maximum absolute atomic E-state index is 3.83. The van der Waals surface area contributed by atoms with Gasteiger partial charge in [0.15, 0.2) is 0 Å². The second-order valence-electron chi connectivity index (χ2n) is 9.33. The van der Waals surface area contributed by atoms with Gasteiger partial charge in [-0.1, -0.05) is 91.0 Å². The first kappa shape index (κ1) is 19.2. The van der Waals surface area contributed by atoms with Crippen molar-refractivity contribution in [3.05, 3.63) is 103 Å². The van der Waals surface area contributed by atoms with Crippen molar-refractivity contribution in [2.24, 2.45) is 0 Å². The molecule has 1 nitrogen and oxygen atoms in total. The molecule has 0 aliphatic rings. The monoisotopic (exact) mass is 463 g/mol. The lowest BCUT2D eigenvalue weighted by Crippen LogP contribution is -1.81. The summed E-state index contributed by atoms with van der Waals surface area (Å²) in [6.45, 7) is 2.07. The number of aromatic amines is 1. The normalized spacial score (nSPS) is 12.6. The van der Waals surface area contributed by atoms with E-state index in [9.17, 15) is 0 Å². The van der Waals surface area contributed by atoms with Crippen molar-refractivity contribution in [2.45, 2.75) is 6.92 Å². The van der Waals surface area contributed by atoms with Gasteiger partial charge in [-0.25, -0.2) is 0 Å². The lowest BCUT2D eigenvalue weighted by Gasteiger charge is -2.08.